The maximum atomic E-state index is 13.7. The summed E-state index contributed by atoms with van der Waals surface area (Å²) in [5.74, 6) is -9.08. The number of primary amides is 1. The summed E-state index contributed by atoms with van der Waals surface area (Å²) in [7, 11) is 3.01. The second-order valence-corrected chi connectivity index (χ2v) is 19.5. The van der Waals surface area contributed by atoms with Crippen LogP contribution in [0.1, 0.15) is 34.8 Å². The van der Waals surface area contributed by atoms with Crippen molar-refractivity contribution in [1.82, 2.24) is 4.90 Å². The van der Waals surface area contributed by atoms with Crippen molar-refractivity contribution in [3.8, 4) is 33.9 Å². The van der Waals surface area contributed by atoms with E-state index in [1.807, 2.05) is 0 Å². The molecule has 63 heavy (non-hydrogen) atoms. The van der Waals surface area contributed by atoms with E-state index in [-0.39, 0.29) is 131 Å². The van der Waals surface area contributed by atoms with Gasteiger partial charge < -0.3 is 36.7 Å². The van der Waals surface area contributed by atoms with Crippen LogP contribution in [-0.4, -0.2) is 85.1 Å². The third-order valence-electron chi connectivity index (χ3n) is 11.5. The SMILES string of the molecule is CN(C)[C@@H]1C(=O)C(C(N)=O)=C(O)[C@@]2(O)C(=O)C3=C(O)c4c(O)cccc4[C@@](C)(O)[C@H]3C[C@@H]12.O.O=C([O-])c1ccccc1-c1c2cc(Br)c(=O)cc-2oc2[c]([Hg])c([O-])c(Br)cc12.[Na+].[Na+]. The van der Waals surface area contributed by atoms with Gasteiger partial charge in [-0.15, -0.1) is 0 Å². The number of phenols is 1. The zero-order valence-corrected chi connectivity index (χ0v) is 46.9. The van der Waals surface area contributed by atoms with Crippen molar-refractivity contribution in [3.63, 3.8) is 0 Å². The Hall–Kier alpha value is -2.95. The smallest absolute Gasteiger partial charge is 1.00 e. The van der Waals surface area contributed by atoms with Gasteiger partial charge in [0.15, 0.2) is 11.4 Å². The number of rotatable bonds is 4. The molecule has 1 aliphatic heterocycles. The van der Waals surface area contributed by atoms with Crippen molar-refractivity contribution >= 4 is 75.1 Å². The monoisotopic (exact) mass is 1190 g/mol. The van der Waals surface area contributed by atoms with Gasteiger partial charge in [0.05, 0.1) is 17.2 Å². The summed E-state index contributed by atoms with van der Waals surface area (Å²) < 4.78 is 7.22. The van der Waals surface area contributed by atoms with E-state index in [2.05, 4.69) is 31.9 Å². The number of carbonyl (C=O) groups excluding carboxylic acids is 4. The van der Waals surface area contributed by atoms with Gasteiger partial charge >= 0.3 is 252 Å². The molecule has 1 amide bonds. The number of fused-ring (bicyclic) bond motifs is 5. The fraction of sp³-hybridized carbons (Fsp3) is 0.214. The number of aromatic hydroxyl groups is 1. The fourth-order valence-corrected chi connectivity index (χ4v) is 12.3. The van der Waals surface area contributed by atoms with Crippen LogP contribution in [0.2, 0.25) is 0 Å². The standard InChI is InChI=1S/C22H24N2O8.C20H9Br2O5.Hg.2Na.H2O/c1-21(31)8-5-4-6-11(25)12(8)16(26)13-9(21)7-10-15(24(2)3)17(27)14(20(23)30)19(29)22(10,32)18(13)28;21-13-5-11-17(7-15(13)23)27-18-8-16(24)14(22)6-12(18)19(11)9-3-1-2-4-10(9)20(25)26;;;;/h4-6,9-10,15,25-26,29,31-32H,7H2,1-3H3,(H2,23,30);1-7,24H,(H,25,26);;;;1H2/q;;;2*+1;/p-2/t9-,10-,15-,21+,22-;;;;;/m0...../s1. The van der Waals surface area contributed by atoms with Crippen LogP contribution in [0.25, 0.3) is 39.2 Å². The largest absolute Gasteiger partial charge is 1.00 e. The number of aromatic carboxylic acids is 1. The number of aliphatic hydroxyl groups is 4. The topological polar surface area (TPSA) is 307 Å². The van der Waals surface area contributed by atoms with Crippen molar-refractivity contribution in [1.29, 1.82) is 0 Å². The molecule has 0 bridgehead atoms. The molecule has 1 heterocycles. The number of carbonyl (C=O) groups is 4. The summed E-state index contributed by atoms with van der Waals surface area (Å²) >= 11 is 6.47. The predicted molar refractivity (Wildman–Crippen MR) is 217 cm³/mol. The number of likely N-dealkylation sites (N-methyl/N-ethyl adjacent to an activating group) is 1. The van der Waals surface area contributed by atoms with Gasteiger partial charge in [0.25, 0.3) is 5.91 Å². The summed E-state index contributed by atoms with van der Waals surface area (Å²) in [6.07, 6.45) is -0.200. The summed E-state index contributed by atoms with van der Waals surface area (Å²) in [4.78, 5) is 63.9. The van der Waals surface area contributed by atoms with E-state index >= 15 is 0 Å². The number of Topliss-reactive ketones (excluding diaryl/α,β-unsaturated/α-hetero) is 2. The van der Waals surface area contributed by atoms with E-state index in [1.165, 1.54) is 56.3 Å². The van der Waals surface area contributed by atoms with E-state index < -0.39 is 80.9 Å². The Labute approximate surface area is 434 Å². The van der Waals surface area contributed by atoms with E-state index in [1.54, 1.807) is 30.3 Å². The molecule has 5 atom stereocenters. The van der Waals surface area contributed by atoms with Crippen LogP contribution in [0.5, 0.6) is 11.5 Å². The maximum absolute atomic E-state index is 13.7. The average molecular weight is 1200 g/mol. The van der Waals surface area contributed by atoms with Gasteiger partial charge in [-0.05, 0) is 39.1 Å². The van der Waals surface area contributed by atoms with Crippen LogP contribution in [0, 0.1) is 11.8 Å². The number of hydrogen-bond donors (Lipinski definition) is 6. The first-order chi connectivity index (χ1) is 28.1. The molecule has 5 aliphatic rings. The first kappa shape index (κ1) is 52.7. The average Bonchev–Trinajstić information content (AvgIpc) is 3.17. The number of halogens is 2. The molecule has 1 fully saturated rings. The van der Waals surface area contributed by atoms with Gasteiger partial charge in [0.1, 0.15) is 22.8 Å². The van der Waals surface area contributed by atoms with Crippen molar-refractivity contribution < 1.29 is 150 Å². The second-order valence-electron chi connectivity index (χ2n) is 15.1. The fourth-order valence-electron chi connectivity index (χ4n) is 8.71. The van der Waals surface area contributed by atoms with Gasteiger partial charge in [-0.3, -0.25) is 19.3 Å². The number of hydrogen-bond acceptors (Lipinski definition) is 14. The maximum Gasteiger partial charge on any atom is 1.00 e. The molecule has 21 heteroatoms. The molecule has 4 aliphatic carbocycles. The van der Waals surface area contributed by atoms with E-state index in [4.69, 9.17) is 10.2 Å². The molecule has 0 radical (unpaired) electrons. The van der Waals surface area contributed by atoms with E-state index in [9.17, 15) is 59.7 Å². The number of carboxylic acid groups (broad SMARTS) is 1. The van der Waals surface area contributed by atoms with Crippen molar-refractivity contribution in [2.45, 2.75) is 30.6 Å². The Morgan fingerprint density at radius 2 is 1.57 bits per heavy atom. The Morgan fingerprint density at radius 1 is 0.937 bits per heavy atom. The molecule has 3 aromatic carbocycles. The Balaban J connectivity index is 0.000000266. The zero-order chi connectivity index (χ0) is 44.1. The Morgan fingerprint density at radius 3 is 2.17 bits per heavy atom. The van der Waals surface area contributed by atoms with Gasteiger partial charge in [-0.25, -0.2) is 0 Å². The molecular weight excluding hydrogens is 1160 g/mol. The molecule has 3 aromatic rings. The second kappa shape index (κ2) is 19.1. The van der Waals surface area contributed by atoms with Crippen LogP contribution in [-0.2, 0) is 46.1 Å². The number of carboxylic acids is 1. The van der Waals surface area contributed by atoms with Gasteiger partial charge in [-0.1, -0.05) is 12.1 Å². The molecule has 0 saturated heterocycles. The molecular formula is C42H33Br2HgN2Na2O14. The minimum atomic E-state index is -2.75. The summed E-state index contributed by atoms with van der Waals surface area (Å²) in [5.41, 5.74) is 1.14. The normalized spacial score (nSPS) is 22.5. The van der Waals surface area contributed by atoms with Crippen LogP contribution >= 0.6 is 31.9 Å². The minimum Gasteiger partial charge on any atom is 1.00 e. The molecule has 16 nitrogen and oxygen atoms in total. The Bertz CT molecular complexity index is 2860. The predicted octanol–water partition coefficient (Wildman–Crippen LogP) is -4.49. The minimum absolute atomic E-state index is 0. The Kier molecular flexibility index (Phi) is 16.0. The third kappa shape index (κ3) is 8.31. The molecule has 313 valence electrons. The van der Waals surface area contributed by atoms with Crippen LogP contribution < -0.4 is 83.6 Å². The first-order valence-corrected chi connectivity index (χ1v) is 22.3. The summed E-state index contributed by atoms with van der Waals surface area (Å²) in [6, 6.07) is 14.1. The zero-order valence-electron chi connectivity index (χ0n) is 34.2. The molecule has 0 spiro atoms. The molecule has 1 saturated carbocycles. The van der Waals surface area contributed by atoms with E-state index in [0.29, 0.717) is 39.7 Å². The number of aliphatic hydroxyl groups excluding tert-OH is 2. The van der Waals surface area contributed by atoms with Crippen molar-refractivity contribution in [2.75, 3.05) is 14.1 Å². The molecule has 9 N–H and O–H groups in total. The number of nitrogens with zero attached hydrogens (tertiary/aromatic N) is 1. The first-order valence-electron chi connectivity index (χ1n) is 18.0. The van der Waals surface area contributed by atoms with Crippen LogP contribution in [0.4, 0.5) is 0 Å². The number of ketones is 2. The van der Waals surface area contributed by atoms with Gasteiger partial charge in [-0.2, -0.15) is 0 Å². The van der Waals surface area contributed by atoms with Crippen molar-refractivity contribution in [2.24, 2.45) is 17.6 Å². The third-order valence-corrected chi connectivity index (χ3v) is 15.2. The number of nitrogens with two attached hydrogens (primary N) is 1. The van der Waals surface area contributed by atoms with Crippen molar-refractivity contribution in [3.05, 3.63) is 113 Å². The summed E-state index contributed by atoms with van der Waals surface area (Å²) in [5, 5.41) is 79.7. The van der Waals surface area contributed by atoms with Crippen LogP contribution in [0.15, 0.2) is 95.7 Å². The number of phenolic OH excluding ortho intramolecular Hbond substituents is 1. The molecule has 0 unspecified atom stereocenters. The quantitative estimate of drug-likeness (QED) is 0.0562. The molecule has 0 aromatic heterocycles. The van der Waals surface area contributed by atoms with Crippen LogP contribution in [0.3, 0.4) is 0 Å². The molecule has 8 rings (SSSR count). The summed E-state index contributed by atoms with van der Waals surface area (Å²) in [6.45, 7) is 1.40. The number of benzene rings is 4. The number of amides is 1. The van der Waals surface area contributed by atoms with E-state index in [0.717, 1.165) is 0 Å². The van der Waals surface area contributed by atoms with Gasteiger partial charge in [0.2, 0.25) is 5.78 Å². The van der Waals surface area contributed by atoms with Gasteiger partial charge in [0, 0.05) is 17.4 Å².